The van der Waals surface area contributed by atoms with Crippen molar-refractivity contribution < 1.29 is 14.3 Å². The van der Waals surface area contributed by atoms with E-state index in [2.05, 4.69) is 44.2 Å². The molecular formula is C24H28ClN3O3. The van der Waals surface area contributed by atoms with Crippen LogP contribution in [-0.2, 0) is 28.8 Å². The number of aryl methyl sites for hydroxylation is 1. The second-order valence-corrected chi connectivity index (χ2v) is 7.58. The third-order valence-electron chi connectivity index (χ3n) is 5.74. The first kappa shape index (κ1) is 22.7. The molecule has 1 aliphatic rings. The number of nitrogens with zero attached hydrogens (tertiary/aromatic N) is 1. The standard InChI is InChI=1S/C24H27N3O3.ClH/c1-30-23(28)16-26-18-11-9-17(10-12-18)24(29)25-14-13-20-19-6-2-3-7-21(19)27-15-5-4-8-22(20)27;/h4-5,8-12,15,26H,2-3,6-7,13-14,16H2,1H3,(H,25,29);1H. The molecule has 1 aliphatic carbocycles. The van der Waals surface area contributed by atoms with Gasteiger partial charge in [0, 0.05) is 35.2 Å². The van der Waals surface area contributed by atoms with E-state index in [9.17, 15) is 9.59 Å². The summed E-state index contributed by atoms with van der Waals surface area (Å²) in [6.45, 7) is 0.695. The van der Waals surface area contributed by atoms with E-state index in [0.717, 1.165) is 24.9 Å². The van der Waals surface area contributed by atoms with Crippen molar-refractivity contribution in [1.29, 1.82) is 0 Å². The summed E-state index contributed by atoms with van der Waals surface area (Å²) in [6.07, 6.45) is 7.71. The highest BCUT2D eigenvalue weighted by atomic mass is 35.5. The summed E-state index contributed by atoms with van der Waals surface area (Å²) >= 11 is 0. The second kappa shape index (κ2) is 10.4. The van der Waals surface area contributed by atoms with Crippen molar-refractivity contribution in [3.63, 3.8) is 0 Å². The molecule has 0 spiro atoms. The zero-order valence-corrected chi connectivity index (χ0v) is 18.5. The summed E-state index contributed by atoms with van der Waals surface area (Å²) in [5, 5.41) is 6.01. The number of hydrogen-bond acceptors (Lipinski definition) is 4. The van der Waals surface area contributed by atoms with Gasteiger partial charge >= 0.3 is 5.97 Å². The van der Waals surface area contributed by atoms with E-state index in [1.54, 1.807) is 24.3 Å². The van der Waals surface area contributed by atoms with Gasteiger partial charge < -0.3 is 19.8 Å². The number of methoxy groups -OCH3 is 1. The first-order chi connectivity index (χ1) is 14.7. The topological polar surface area (TPSA) is 71.8 Å². The van der Waals surface area contributed by atoms with E-state index in [1.807, 2.05) is 0 Å². The third-order valence-corrected chi connectivity index (χ3v) is 5.74. The van der Waals surface area contributed by atoms with Crippen molar-refractivity contribution in [3.05, 3.63) is 71.0 Å². The van der Waals surface area contributed by atoms with E-state index < -0.39 is 0 Å². The van der Waals surface area contributed by atoms with Crippen molar-refractivity contribution in [2.75, 3.05) is 25.5 Å². The first-order valence-corrected chi connectivity index (χ1v) is 10.5. The van der Waals surface area contributed by atoms with Crippen LogP contribution >= 0.6 is 12.4 Å². The Bertz CT molecular complexity index is 1060. The van der Waals surface area contributed by atoms with Crippen LogP contribution in [0.3, 0.4) is 0 Å². The third kappa shape index (κ3) is 5.02. The summed E-state index contributed by atoms with van der Waals surface area (Å²) in [5.41, 5.74) is 6.91. The van der Waals surface area contributed by atoms with Gasteiger partial charge in [0.1, 0.15) is 6.54 Å². The molecule has 164 valence electrons. The van der Waals surface area contributed by atoms with E-state index in [1.165, 1.54) is 42.3 Å². The number of ether oxygens (including phenoxy) is 1. The van der Waals surface area contributed by atoms with Gasteiger partial charge in [-0.15, -0.1) is 12.4 Å². The lowest BCUT2D eigenvalue weighted by Gasteiger charge is -2.13. The van der Waals surface area contributed by atoms with Crippen LogP contribution in [0.1, 0.15) is 40.0 Å². The average Bonchev–Trinajstić information content (AvgIpc) is 3.11. The summed E-state index contributed by atoms with van der Waals surface area (Å²) in [5.74, 6) is -0.427. The Balaban J connectivity index is 0.00000272. The van der Waals surface area contributed by atoms with Gasteiger partial charge in [-0.25, -0.2) is 0 Å². The minimum atomic E-state index is -0.336. The number of anilines is 1. The lowest BCUT2D eigenvalue weighted by atomic mass is 9.93. The van der Waals surface area contributed by atoms with Crippen LogP contribution in [0.5, 0.6) is 0 Å². The molecule has 4 rings (SSSR count). The highest BCUT2D eigenvalue weighted by molar-refractivity contribution is 5.94. The number of carbonyl (C=O) groups is 2. The minimum absolute atomic E-state index is 0. The van der Waals surface area contributed by atoms with Crippen LogP contribution in [0, 0.1) is 0 Å². The number of amides is 1. The number of benzene rings is 1. The van der Waals surface area contributed by atoms with Crippen molar-refractivity contribution in [2.24, 2.45) is 0 Å². The fraction of sp³-hybridized carbons (Fsp3) is 0.333. The molecule has 0 atom stereocenters. The van der Waals surface area contributed by atoms with Crippen molar-refractivity contribution >= 4 is 35.5 Å². The van der Waals surface area contributed by atoms with Gasteiger partial charge in [-0.05, 0) is 79.6 Å². The van der Waals surface area contributed by atoms with Crippen LogP contribution in [-0.4, -0.2) is 36.5 Å². The van der Waals surface area contributed by atoms with Crippen LogP contribution in [0.2, 0.25) is 0 Å². The smallest absolute Gasteiger partial charge is 0.325 e. The lowest BCUT2D eigenvalue weighted by Crippen LogP contribution is -2.26. The van der Waals surface area contributed by atoms with Gasteiger partial charge in [0.2, 0.25) is 0 Å². The maximum atomic E-state index is 12.5. The number of pyridine rings is 1. The summed E-state index contributed by atoms with van der Waals surface area (Å²) < 4.78 is 6.93. The van der Waals surface area contributed by atoms with Crippen molar-refractivity contribution in [1.82, 2.24) is 9.72 Å². The molecule has 1 amide bonds. The molecule has 2 heterocycles. The Morgan fingerprint density at radius 3 is 2.61 bits per heavy atom. The van der Waals surface area contributed by atoms with Gasteiger partial charge in [-0.2, -0.15) is 0 Å². The molecule has 7 heteroatoms. The summed E-state index contributed by atoms with van der Waals surface area (Å²) in [4.78, 5) is 23.7. The normalized spacial score (nSPS) is 12.5. The number of rotatable bonds is 7. The monoisotopic (exact) mass is 441 g/mol. The maximum absolute atomic E-state index is 12.5. The van der Waals surface area contributed by atoms with Crippen molar-refractivity contribution in [2.45, 2.75) is 32.1 Å². The number of fused-ring (bicyclic) bond motifs is 3. The molecule has 0 bridgehead atoms. The number of esters is 1. The van der Waals surface area contributed by atoms with Gasteiger partial charge in [-0.1, -0.05) is 6.07 Å². The molecular weight excluding hydrogens is 414 g/mol. The number of hydrogen-bond donors (Lipinski definition) is 2. The fourth-order valence-electron chi connectivity index (χ4n) is 4.23. The molecule has 6 nitrogen and oxygen atoms in total. The molecule has 0 radical (unpaired) electrons. The molecule has 2 aromatic heterocycles. The Kier molecular flexibility index (Phi) is 7.58. The number of aromatic nitrogens is 1. The zero-order chi connectivity index (χ0) is 20.9. The van der Waals surface area contributed by atoms with Gasteiger partial charge in [0.25, 0.3) is 5.91 Å². The highest BCUT2D eigenvalue weighted by Crippen LogP contribution is 2.30. The predicted octanol–water partition coefficient (Wildman–Crippen LogP) is 3.80. The molecule has 1 aromatic carbocycles. The number of nitrogens with one attached hydrogen (secondary N) is 2. The zero-order valence-electron chi connectivity index (χ0n) is 17.6. The van der Waals surface area contributed by atoms with Gasteiger partial charge in [0.15, 0.2) is 0 Å². The molecule has 0 saturated carbocycles. The summed E-state index contributed by atoms with van der Waals surface area (Å²) in [6, 6.07) is 13.4. The van der Waals surface area contributed by atoms with Crippen LogP contribution in [0.15, 0.2) is 48.7 Å². The van der Waals surface area contributed by atoms with E-state index in [-0.39, 0.29) is 30.8 Å². The quantitative estimate of drug-likeness (QED) is 0.547. The Labute approximate surface area is 188 Å². The SMILES string of the molecule is COC(=O)CNc1ccc(C(=O)NCCc2c3c(n4ccccc24)CCCC3)cc1.Cl. The van der Waals surface area contributed by atoms with Crippen LogP contribution in [0.4, 0.5) is 5.69 Å². The average molecular weight is 442 g/mol. The number of carbonyl (C=O) groups excluding carboxylic acids is 2. The molecule has 0 saturated heterocycles. The molecule has 0 aliphatic heterocycles. The van der Waals surface area contributed by atoms with E-state index >= 15 is 0 Å². The number of halogens is 1. The lowest BCUT2D eigenvalue weighted by molar-refractivity contribution is -0.138. The second-order valence-electron chi connectivity index (χ2n) is 7.58. The minimum Gasteiger partial charge on any atom is -0.468 e. The largest absolute Gasteiger partial charge is 0.468 e. The van der Waals surface area contributed by atoms with Crippen LogP contribution in [0.25, 0.3) is 5.52 Å². The Morgan fingerprint density at radius 2 is 1.84 bits per heavy atom. The molecule has 3 aromatic rings. The molecule has 31 heavy (non-hydrogen) atoms. The first-order valence-electron chi connectivity index (χ1n) is 10.5. The van der Waals surface area contributed by atoms with Gasteiger partial charge in [0.05, 0.1) is 7.11 Å². The molecule has 0 unspecified atom stereocenters. The van der Waals surface area contributed by atoms with Crippen molar-refractivity contribution in [3.8, 4) is 0 Å². The maximum Gasteiger partial charge on any atom is 0.325 e. The summed E-state index contributed by atoms with van der Waals surface area (Å²) in [7, 11) is 1.35. The van der Waals surface area contributed by atoms with Gasteiger partial charge in [-0.3, -0.25) is 9.59 Å². The van der Waals surface area contributed by atoms with Crippen LogP contribution < -0.4 is 10.6 Å². The fourth-order valence-corrected chi connectivity index (χ4v) is 4.23. The Morgan fingerprint density at radius 1 is 1.06 bits per heavy atom. The Hall–Kier alpha value is -2.99. The molecule has 2 N–H and O–H groups in total. The van der Waals surface area contributed by atoms with E-state index in [0.29, 0.717) is 12.1 Å². The highest BCUT2D eigenvalue weighted by Gasteiger charge is 2.20. The molecule has 0 fully saturated rings. The predicted molar refractivity (Wildman–Crippen MR) is 124 cm³/mol. The van der Waals surface area contributed by atoms with E-state index in [4.69, 9.17) is 0 Å².